The fraction of sp³-hybridized carbons (Fsp3) is 0.940. The van der Waals surface area contributed by atoms with Crippen LogP contribution in [0.15, 0.2) is 12.2 Å². The van der Waals surface area contributed by atoms with Gasteiger partial charge in [-0.25, -0.2) is 0 Å². The molecule has 0 amide bonds. The highest BCUT2D eigenvalue weighted by molar-refractivity contribution is 5.77. The van der Waals surface area contributed by atoms with Crippen molar-refractivity contribution >= 4 is 5.97 Å². The number of fused-ring (bicyclic) bond motifs is 3. The lowest BCUT2D eigenvalue weighted by Crippen LogP contribution is -2.68. The van der Waals surface area contributed by atoms with Crippen LogP contribution in [0.5, 0.6) is 0 Å². The zero-order valence-electron chi connectivity index (χ0n) is 43.3. The summed E-state index contributed by atoms with van der Waals surface area (Å²) in [5.41, 5.74) is -2.64. The van der Waals surface area contributed by atoms with E-state index in [9.17, 15) is 91.6 Å². The first-order chi connectivity index (χ1) is 36.8. The second kappa shape index (κ2) is 23.3. The normalized spacial score (nSPS) is 54.5. The molecule has 9 aliphatic rings. The van der Waals surface area contributed by atoms with Crippen LogP contribution in [-0.4, -0.2) is 285 Å². The molecule has 5 heterocycles. The largest absolute Gasteiger partial charge is 0.432 e. The standard InChI is InChI=1S/C50H80O28/c1-18-11-49-9-5-24-47(2,7-4-8-48(24,3)46(68)77-44-38(67)33(62)28(57)21(14-53)72-44)25(49)6-10-50(18,17-49)78-45-40(39(30(59)22(15-54)73-45)75-42-36(65)32(61)27(56)20(13-52)71-42)76-43-37(66)34(63)29(58)23(74-43)16-69-41-35(64)31(60)26(55)19(12-51)70-41/h19-45,51-67H,1,4-17H2,2-3H3/t19?,20?,21?,22?,23?,24-,25-,26+,27+,28+,29+,30+,31-,32-,33-,34-,35?,36?,37?,38?,39-,40?,41-,42-,43-,44-,45-,47+,48+,49+,50-/m0/s1. The predicted molar refractivity (Wildman–Crippen MR) is 252 cm³/mol. The molecule has 9 rings (SSSR count). The Hall–Kier alpha value is -1.83. The molecule has 9 fully saturated rings. The van der Waals surface area contributed by atoms with Gasteiger partial charge in [0.1, 0.15) is 122 Å². The zero-order valence-corrected chi connectivity index (χ0v) is 43.3. The van der Waals surface area contributed by atoms with E-state index in [2.05, 4.69) is 13.5 Å². The minimum Gasteiger partial charge on any atom is -0.432 e. The summed E-state index contributed by atoms with van der Waals surface area (Å²) in [6.07, 6.45) is -40.0. The van der Waals surface area contributed by atoms with Gasteiger partial charge in [0, 0.05) is 0 Å². The summed E-state index contributed by atoms with van der Waals surface area (Å²) < 4.78 is 59.9. The van der Waals surface area contributed by atoms with Gasteiger partial charge in [-0.3, -0.25) is 4.79 Å². The SMILES string of the molecule is C=C1C[C@@]23CC[C@H]4[C@@](C)(CCC[C@@]4(C)C(=O)O[C@@H]4OC(CO)[C@@H](O)[C@H](O)C4O)[C@@H]2CC[C@]1(O[C@@H]1OC(CO)[C@@H](O)[C@H](O[C@@H]2OC(CO)[C@@H](O)[C@H](O)C2O)C1O[C@@H]1OC(CO[C@H]2OC(CO)[C@@H](O)[C@H](O)C2O)[C@@H](O)[C@H](O)C1O)C3. The Morgan fingerprint density at radius 1 is 0.513 bits per heavy atom. The van der Waals surface area contributed by atoms with E-state index >= 15 is 0 Å². The highest BCUT2D eigenvalue weighted by Crippen LogP contribution is 2.74. The number of aliphatic hydroxyl groups is 17. The van der Waals surface area contributed by atoms with Gasteiger partial charge in [-0.1, -0.05) is 19.9 Å². The summed E-state index contributed by atoms with van der Waals surface area (Å²) >= 11 is 0. The fourth-order valence-corrected chi connectivity index (χ4v) is 14.9. The van der Waals surface area contributed by atoms with Gasteiger partial charge in [0.25, 0.3) is 0 Å². The van der Waals surface area contributed by atoms with E-state index in [4.69, 9.17) is 47.4 Å². The molecule has 4 aliphatic carbocycles. The van der Waals surface area contributed by atoms with Gasteiger partial charge in [0.2, 0.25) is 6.29 Å². The first-order valence-corrected chi connectivity index (χ1v) is 26.9. The van der Waals surface area contributed by atoms with Crippen molar-refractivity contribution in [3.63, 3.8) is 0 Å². The molecule has 28 heteroatoms. The average molecular weight is 1130 g/mol. The van der Waals surface area contributed by atoms with Crippen molar-refractivity contribution in [1.82, 2.24) is 0 Å². The van der Waals surface area contributed by atoms with Crippen LogP contribution in [-0.2, 0) is 52.2 Å². The van der Waals surface area contributed by atoms with E-state index in [0.29, 0.717) is 56.9 Å². The molecule has 28 nitrogen and oxygen atoms in total. The summed E-state index contributed by atoms with van der Waals surface area (Å²) in [4.78, 5) is 14.4. The van der Waals surface area contributed by atoms with Crippen molar-refractivity contribution < 1.29 is 139 Å². The lowest BCUT2D eigenvalue weighted by molar-refractivity contribution is -0.401. The Kier molecular flexibility index (Phi) is 18.2. The van der Waals surface area contributed by atoms with Crippen LogP contribution < -0.4 is 0 Å². The molecule has 17 N–H and O–H groups in total. The van der Waals surface area contributed by atoms with Crippen LogP contribution in [0.3, 0.4) is 0 Å². The number of hydrogen-bond acceptors (Lipinski definition) is 28. The molecular weight excluding hydrogens is 1050 g/mol. The van der Waals surface area contributed by atoms with Crippen LogP contribution in [0.4, 0.5) is 0 Å². The first-order valence-electron chi connectivity index (χ1n) is 26.9. The maximum atomic E-state index is 14.4. The maximum absolute atomic E-state index is 14.4. The quantitative estimate of drug-likeness (QED) is 0.0411. The predicted octanol–water partition coefficient (Wildman–Crippen LogP) is -7.29. The van der Waals surface area contributed by atoms with Crippen molar-refractivity contribution in [2.45, 2.75) is 231 Å². The van der Waals surface area contributed by atoms with Crippen LogP contribution >= 0.6 is 0 Å². The lowest BCUT2D eigenvalue weighted by Gasteiger charge is -2.64. The molecule has 0 aromatic rings. The average Bonchev–Trinajstić information content (AvgIpc) is 3.85. The Balaban J connectivity index is 0.983. The number of ether oxygens (including phenoxy) is 10. The topological polar surface area (TPSA) is 453 Å². The molecule has 10 unspecified atom stereocenters. The van der Waals surface area contributed by atoms with Gasteiger partial charge in [-0.2, -0.15) is 0 Å². The molecule has 0 aromatic carbocycles. The summed E-state index contributed by atoms with van der Waals surface area (Å²) in [6.45, 7) is 4.51. The van der Waals surface area contributed by atoms with E-state index in [0.717, 1.165) is 6.42 Å². The second-order valence-corrected chi connectivity index (χ2v) is 23.7. The molecule has 2 bridgehead atoms. The number of esters is 1. The highest BCUT2D eigenvalue weighted by Gasteiger charge is 2.70. The monoisotopic (exact) mass is 1130 g/mol. The van der Waals surface area contributed by atoms with Crippen molar-refractivity contribution in [2.75, 3.05) is 33.0 Å². The van der Waals surface area contributed by atoms with E-state index < -0.39 is 214 Å². The summed E-state index contributed by atoms with van der Waals surface area (Å²) in [5.74, 6) is -0.942. The zero-order chi connectivity index (χ0) is 56.7. The number of hydrogen-bond donors (Lipinski definition) is 17. The minimum atomic E-state index is -2.10. The molecular formula is C50H80O28. The molecule has 1 spiro atoms. The van der Waals surface area contributed by atoms with Crippen molar-refractivity contribution in [2.24, 2.45) is 28.1 Å². The fourth-order valence-electron chi connectivity index (χ4n) is 14.9. The molecule has 31 atom stereocenters. The van der Waals surface area contributed by atoms with Crippen LogP contribution in [0.1, 0.15) is 71.6 Å². The number of aliphatic hydroxyl groups excluding tert-OH is 17. The molecule has 448 valence electrons. The smallest absolute Gasteiger partial charge is 0.314 e. The van der Waals surface area contributed by atoms with E-state index in [1.54, 1.807) is 0 Å². The van der Waals surface area contributed by atoms with Crippen molar-refractivity contribution in [1.29, 1.82) is 0 Å². The van der Waals surface area contributed by atoms with Gasteiger partial charge < -0.3 is 134 Å². The minimum absolute atomic E-state index is 0.0335. The third-order valence-corrected chi connectivity index (χ3v) is 19.2. The Labute approximate surface area is 448 Å². The third-order valence-electron chi connectivity index (χ3n) is 19.2. The van der Waals surface area contributed by atoms with Crippen LogP contribution in [0.25, 0.3) is 0 Å². The van der Waals surface area contributed by atoms with Gasteiger partial charge >= 0.3 is 5.97 Å². The van der Waals surface area contributed by atoms with Gasteiger partial charge in [-0.15, -0.1) is 0 Å². The van der Waals surface area contributed by atoms with Gasteiger partial charge in [0.05, 0.1) is 44.1 Å². The van der Waals surface area contributed by atoms with E-state index in [1.165, 1.54) is 0 Å². The van der Waals surface area contributed by atoms with Crippen molar-refractivity contribution in [3.05, 3.63) is 12.2 Å². The Morgan fingerprint density at radius 2 is 0.962 bits per heavy atom. The summed E-state index contributed by atoms with van der Waals surface area (Å²) in [5, 5.41) is 181. The second-order valence-electron chi connectivity index (χ2n) is 23.7. The van der Waals surface area contributed by atoms with Gasteiger partial charge in [0.15, 0.2) is 25.2 Å². The Bertz CT molecular complexity index is 2070. The number of carbonyl (C=O) groups is 1. The van der Waals surface area contributed by atoms with E-state index in [1.807, 2.05) is 6.92 Å². The van der Waals surface area contributed by atoms with Gasteiger partial charge in [-0.05, 0) is 86.5 Å². The third kappa shape index (κ3) is 10.4. The van der Waals surface area contributed by atoms with Crippen molar-refractivity contribution in [3.8, 4) is 0 Å². The molecule has 5 saturated heterocycles. The molecule has 78 heavy (non-hydrogen) atoms. The first kappa shape index (κ1) is 60.8. The molecule has 5 aliphatic heterocycles. The number of carbonyl (C=O) groups excluding carboxylic acids is 1. The van der Waals surface area contributed by atoms with E-state index in [-0.39, 0.29) is 11.8 Å². The van der Waals surface area contributed by atoms with Crippen LogP contribution in [0, 0.1) is 28.1 Å². The molecule has 0 aromatic heterocycles. The highest BCUT2D eigenvalue weighted by atomic mass is 16.8. The number of rotatable bonds is 15. The lowest BCUT2D eigenvalue weighted by atomic mass is 9.41. The Morgan fingerprint density at radius 3 is 1.53 bits per heavy atom. The summed E-state index contributed by atoms with van der Waals surface area (Å²) in [6, 6.07) is 0. The maximum Gasteiger partial charge on any atom is 0.314 e. The van der Waals surface area contributed by atoms with Crippen LogP contribution in [0.2, 0.25) is 0 Å². The molecule has 0 radical (unpaired) electrons. The summed E-state index contributed by atoms with van der Waals surface area (Å²) in [7, 11) is 0. The molecule has 4 saturated carbocycles.